The highest BCUT2D eigenvalue weighted by Crippen LogP contribution is 2.23. The Morgan fingerprint density at radius 2 is 1.94 bits per heavy atom. The minimum Gasteiger partial charge on any atom is -0.497 e. The lowest BCUT2D eigenvalue weighted by Gasteiger charge is -2.32. The Kier molecular flexibility index (Phi) is 11.2. The van der Waals surface area contributed by atoms with Crippen molar-refractivity contribution in [3.05, 3.63) is 52.2 Å². The summed E-state index contributed by atoms with van der Waals surface area (Å²) in [5, 5.41) is 21.5. The van der Waals surface area contributed by atoms with Crippen molar-refractivity contribution in [1.82, 2.24) is 15.5 Å². The third-order valence-electron chi connectivity index (χ3n) is 5.86. The van der Waals surface area contributed by atoms with Gasteiger partial charge in [-0.3, -0.25) is 4.90 Å². The zero-order valence-electron chi connectivity index (χ0n) is 19.3. The van der Waals surface area contributed by atoms with Gasteiger partial charge in [0.05, 0.1) is 13.7 Å². The van der Waals surface area contributed by atoms with Gasteiger partial charge in [0.1, 0.15) is 11.4 Å². The summed E-state index contributed by atoms with van der Waals surface area (Å²) in [6, 6.07) is 10.3. The van der Waals surface area contributed by atoms with E-state index < -0.39 is 5.60 Å². The molecule has 0 saturated carbocycles. The van der Waals surface area contributed by atoms with E-state index >= 15 is 0 Å². The fraction of sp³-hybridized carbons (Fsp3) is 0.542. The lowest BCUT2D eigenvalue weighted by molar-refractivity contribution is 0.0677. The fourth-order valence-corrected chi connectivity index (χ4v) is 4.60. The largest absolute Gasteiger partial charge is 0.497 e. The molecule has 32 heavy (non-hydrogen) atoms. The average Bonchev–Trinajstić information content (AvgIpc) is 3.33. The third-order valence-corrected chi connectivity index (χ3v) is 6.55. The number of aliphatic imine (C=N–C) groups is 1. The monoisotopic (exact) mass is 572 g/mol. The van der Waals surface area contributed by atoms with Crippen LogP contribution in [-0.2, 0) is 12.1 Å². The van der Waals surface area contributed by atoms with Crippen LogP contribution < -0.4 is 15.4 Å². The minimum absolute atomic E-state index is 0. The van der Waals surface area contributed by atoms with Gasteiger partial charge in [-0.1, -0.05) is 12.1 Å². The molecule has 1 aliphatic rings. The predicted molar refractivity (Wildman–Crippen MR) is 144 cm³/mol. The Balaban J connectivity index is 0.00000363. The summed E-state index contributed by atoms with van der Waals surface area (Å²) in [6.45, 7) is 9.13. The predicted octanol–water partition coefficient (Wildman–Crippen LogP) is 4.05. The smallest absolute Gasteiger partial charge is 0.191 e. The highest BCUT2D eigenvalue weighted by atomic mass is 127. The standard InChI is InChI=1S/C24H36N4O2S.HI/c1-4-25-23(27-18-24(2,29)21-11-14-31-17-21)26-15-19-9-12-28(13-10-19)16-20-5-7-22(30-3)8-6-20;/h5-8,11,14,17,19,29H,4,9-10,12-13,15-16,18H2,1-3H3,(H2,25,26,27);1H. The maximum absolute atomic E-state index is 10.7. The highest BCUT2D eigenvalue weighted by Gasteiger charge is 2.24. The molecule has 178 valence electrons. The first-order valence-corrected chi connectivity index (χ1v) is 12.1. The number of methoxy groups -OCH3 is 1. The van der Waals surface area contributed by atoms with Crippen LogP contribution in [0.15, 0.2) is 46.1 Å². The number of benzene rings is 1. The molecule has 1 aromatic carbocycles. The SMILES string of the molecule is CCNC(=NCC(C)(O)c1ccsc1)NCC1CCN(Cc2ccc(OC)cc2)CC1.I. The Morgan fingerprint density at radius 3 is 2.53 bits per heavy atom. The molecule has 0 spiro atoms. The van der Waals surface area contributed by atoms with Crippen molar-refractivity contribution in [2.45, 2.75) is 38.8 Å². The van der Waals surface area contributed by atoms with E-state index in [1.807, 2.05) is 35.9 Å². The van der Waals surface area contributed by atoms with Gasteiger partial charge in [-0.2, -0.15) is 11.3 Å². The number of hydrogen-bond acceptors (Lipinski definition) is 5. The first-order valence-electron chi connectivity index (χ1n) is 11.1. The van der Waals surface area contributed by atoms with E-state index in [2.05, 4.69) is 39.6 Å². The molecule has 0 aliphatic carbocycles. The molecule has 1 unspecified atom stereocenters. The van der Waals surface area contributed by atoms with Crippen molar-refractivity contribution in [2.24, 2.45) is 10.9 Å². The molecule has 1 aromatic heterocycles. The molecular weight excluding hydrogens is 535 g/mol. The molecular formula is C24H37IN4O2S. The van der Waals surface area contributed by atoms with Crippen LogP contribution in [0.5, 0.6) is 5.75 Å². The summed E-state index contributed by atoms with van der Waals surface area (Å²) >= 11 is 1.59. The third kappa shape index (κ3) is 8.20. The van der Waals surface area contributed by atoms with Crippen LogP contribution in [0, 0.1) is 5.92 Å². The Bertz CT molecular complexity index is 804. The molecule has 1 atom stereocenters. The van der Waals surface area contributed by atoms with Crippen LogP contribution in [0.25, 0.3) is 0 Å². The van der Waals surface area contributed by atoms with Crippen molar-refractivity contribution in [3.8, 4) is 5.75 Å². The summed E-state index contributed by atoms with van der Waals surface area (Å²) in [4.78, 5) is 7.16. The number of aliphatic hydroxyl groups is 1. The number of rotatable bonds is 9. The lowest BCUT2D eigenvalue weighted by atomic mass is 9.96. The first-order chi connectivity index (χ1) is 15.0. The fourth-order valence-electron chi connectivity index (χ4n) is 3.82. The number of thiophene rings is 1. The van der Waals surface area contributed by atoms with Gasteiger partial charge >= 0.3 is 0 Å². The molecule has 3 rings (SSSR count). The van der Waals surface area contributed by atoms with E-state index in [0.29, 0.717) is 12.5 Å². The van der Waals surface area contributed by atoms with Gasteiger partial charge in [0.2, 0.25) is 0 Å². The number of piperidine rings is 1. The van der Waals surface area contributed by atoms with E-state index in [0.717, 1.165) is 50.0 Å². The number of halogens is 1. The zero-order valence-corrected chi connectivity index (χ0v) is 22.5. The number of nitrogens with zero attached hydrogens (tertiary/aromatic N) is 2. The molecule has 3 N–H and O–H groups in total. The number of ether oxygens (including phenoxy) is 1. The van der Waals surface area contributed by atoms with Gasteiger partial charge in [-0.05, 0) is 85.8 Å². The summed E-state index contributed by atoms with van der Waals surface area (Å²) in [7, 11) is 1.70. The molecule has 1 aliphatic heterocycles. The molecule has 1 saturated heterocycles. The summed E-state index contributed by atoms with van der Waals surface area (Å²) in [6.07, 6.45) is 2.35. The van der Waals surface area contributed by atoms with Gasteiger partial charge < -0.3 is 20.5 Å². The van der Waals surface area contributed by atoms with E-state index in [1.54, 1.807) is 18.4 Å². The maximum atomic E-state index is 10.7. The van der Waals surface area contributed by atoms with Crippen LogP contribution in [-0.4, -0.2) is 55.8 Å². The van der Waals surface area contributed by atoms with Crippen molar-refractivity contribution in [3.63, 3.8) is 0 Å². The van der Waals surface area contributed by atoms with Crippen molar-refractivity contribution in [1.29, 1.82) is 0 Å². The number of guanidine groups is 1. The Hall–Kier alpha value is -1.36. The second kappa shape index (κ2) is 13.4. The van der Waals surface area contributed by atoms with E-state index in [1.165, 1.54) is 18.4 Å². The topological polar surface area (TPSA) is 69.1 Å². The van der Waals surface area contributed by atoms with Gasteiger partial charge in [-0.25, -0.2) is 4.99 Å². The van der Waals surface area contributed by atoms with Crippen molar-refractivity contribution in [2.75, 3.05) is 39.8 Å². The van der Waals surface area contributed by atoms with Gasteiger partial charge in [0.25, 0.3) is 0 Å². The van der Waals surface area contributed by atoms with E-state index in [9.17, 15) is 5.11 Å². The number of hydrogen-bond donors (Lipinski definition) is 3. The second-order valence-electron chi connectivity index (χ2n) is 8.43. The van der Waals surface area contributed by atoms with Crippen molar-refractivity contribution < 1.29 is 9.84 Å². The Labute approximate surface area is 213 Å². The molecule has 2 aromatic rings. The van der Waals surface area contributed by atoms with Crippen LogP contribution in [0.3, 0.4) is 0 Å². The lowest BCUT2D eigenvalue weighted by Crippen LogP contribution is -2.43. The van der Waals surface area contributed by atoms with Crippen LogP contribution >= 0.6 is 35.3 Å². The molecule has 2 heterocycles. The van der Waals surface area contributed by atoms with E-state index in [-0.39, 0.29) is 24.0 Å². The number of likely N-dealkylation sites (tertiary alicyclic amines) is 1. The molecule has 8 heteroatoms. The quantitative estimate of drug-likeness (QED) is 0.241. The minimum atomic E-state index is -0.949. The van der Waals surface area contributed by atoms with Crippen molar-refractivity contribution >= 4 is 41.3 Å². The second-order valence-corrected chi connectivity index (χ2v) is 9.21. The van der Waals surface area contributed by atoms with E-state index in [4.69, 9.17) is 4.74 Å². The summed E-state index contributed by atoms with van der Waals surface area (Å²) in [5.41, 5.74) is 1.30. The summed E-state index contributed by atoms with van der Waals surface area (Å²) in [5.74, 6) is 2.32. The zero-order chi connectivity index (χ0) is 22.1. The molecule has 1 fully saturated rings. The van der Waals surface area contributed by atoms with Gasteiger partial charge in [-0.15, -0.1) is 24.0 Å². The average molecular weight is 573 g/mol. The van der Waals surface area contributed by atoms with Gasteiger partial charge in [0.15, 0.2) is 5.96 Å². The molecule has 0 radical (unpaired) electrons. The Morgan fingerprint density at radius 1 is 1.22 bits per heavy atom. The molecule has 0 amide bonds. The highest BCUT2D eigenvalue weighted by molar-refractivity contribution is 14.0. The normalized spacial score (nSPS) is 17.3. The van der Waals surface area contributed by atoms with Crippen LogP contribution in [0.1, 0.15) is 37.8 Å². The summed E-state index contributed by atoms with van der Waals surface area (Å²) < 4.78 is 5.24. The molecule has 6 nitrogen and oxygen atoms in total. The number of nitrogens with one attached hydrogen (secondary N) is 2. The first kappa shape index (κ1) is 26.9. The molecule has 0 bridgehead atoms. The van der Waals surface area contributed by atoms with Crippen LogP contribution in [0.2, 0.25) is 0 Å². The van der Waals surface area contributed by atoms with Gasteiger partial charge in [0, 0.05) is 19.6 Å². The maximum Gasteiger partial charge on any atom is 0.191 e. The van der Waals surface area contributed by atoms with Crippen LogP contribution in [0.4, 0.5) is 0 Å².